The highest BCUT2D eigenvalue weighted by atomic mass is 35.5. The summed E-state index contributed by atoms with van der Waals surface area (Å²) in [7, 11) is 0. The molecule has 2 heterocycles. The van der Waals surface area contributed by atoms with Crippen molar-refractivity contribution >= 4 is 23.2 Å². The number of hydrogen-bond donors (Lipinski definition) is 1. The Bertz CT molecular complexity index is 964. The third-order valence-electron chi connectivity index (χ3n) is 3.87. The van der Waals surface area contributed by atoms with Crippen LogP contribution in [0.25, 0.3) is 17.0 Å². The van der Waals surface area contributed by atoms with Crippen LogP contribution in [0.15, 0.2) is 41.0 Å². The largest absolute Gasteiger partial charge is 0.403 e. The van der Waals surface area contributed by atoms with Gasteiger partial charge in [0.2, 0.25) is 5.89 Å². The number of aromatic nitrogens is 4. The zero-order valence-corrected chi connectivity index (χ0v) is 14.6. The Kier molecular flexibility index (Phi) is 3.97. The lowest BCUT2D eigenvalue weighted by Gasteiger charge is -2.07. The third kappa shape index (κ3) is 3.13. The van der Waals surface area contributed by atoms with Crippen molar-refractivity contribution in [2.75, 3.05) is 5.32 Å². The van der Waals surface area contributed by atoms with Crippen LogP contribution in [0, 0.1) is 0 Å². The molecule has 0 amide bonds. The van der Waals surface area contributed by atoms with Crippen molar-refractivity contribution in [2.45, 2.75) is 26.3 Å². The molecule has 25 heavy (non-hydrogen) atoms. The van der Waals surface area contributed by atoms with Gasteiger partial charge in [-0.2, -0.15) is 0 Å². The molecule has 0 aliphatic heterocycles. The number of nitrogens with zero attached hydrogens (tertiary/aromatic N) is 4. The highest BCUT2D eigenvalue weighted by Gasteiger charge is 2.20. The average molecular weight is 354 g/mol. The van der Waals surface area contributed by atoms with E-state index in [0.717, 1.165) is 23.1 Å². The van der Waals surface area contributed by atoms with E-state index in [4.69, 9.17) is 16.0 Å². The van der Waals surface area contributed by atoms with Gasteiger partial charge in [0.25, 0.3) is 0 Å². The first-order valence-corrected chi connectivity index (χ1v) is 8.41. The molecule has 3 aromatic rings. The van der Waals surface area contributed by atoms with Gasteiger partial charge in [-0.25, -0.2) is 9.97 Å². The zero-order valence-electron chi connectivity index (χ0n) is 13.8. The summed E-state index contributed by atoms with van der Waals surface area (Å²) < 4.78 is 5.70. The van der Waals surface area contributed by atoms with Gasteiger partial charge < -0.3 is 9.73 Å². The minimum atomic E-state index is 0.225. The highest BCUT2D eigenvalue weighted by Crippen LogP contribution is 2.34. The standard InChI is InChI=1S/C18H16ClN5O/c1-10(2)21-18-24-23-17(25-18)12-4-3-11-5-6-13(14(11)9-12)16-20-8-7-15(19)22-16/h3-4,6-10H,5H2,1-2H3,(H,21,24). The smallest absolute Gasteiger partial charge is 0.315 e. The number of nitrogens with one attached hydrogen (secondary N) is 1. The van der Waals surface area contributed by atoms with E-state index in [1.807, 2.05) is 26.0 Å². The van der Waals surface area contributed by atoms with E-state index in [-0.39, 0.29) is 6.04 Å². The SMILES string of the molecule is CC(C)Nc1nnc(-c2ccc3c(c2)C(c2nccc(Cl)n2)=CC3)o1. The molecule has 0 unspecified atom stereocenters. The first-order valence-electron chi connectivity index (χ1n) is 8.03. The Morgan fingerprint density at radius 2 is 2.08 bits per heavy atom. The number of halogens is 1. The molecule has 0 saturated heterocycles. The summed E-state index contributed by atoms with van der Waals surface area (Å²) in [4.78, 5) is 8.65. The average Bonchev–Trinajstić information content (AvgIpc) is 3.20. The van der Waals surface area contributed by atoms with Gasteiger partial charge >= 0.3 is 6.01 Å². The summed E-state index contributed by atoms with van der Waals surface area (Å²) in [5, 5.41) is 11.7. The molecule has 2 aromatic heterocycles. The lowest BCUT2D eigenvalue weighted by atomic mass is 10.0. The van der Waals surface area contributed by atoms with Crippen LogP contribution in [-0.2, 0) is 6.42 Å². The zero-order chi connectivity index (χ0) is 17.4. The topological polar surface area (TPSA) is 76.7 Å². The number of hydrogen-bond acceptors (Lipinski definition) is 6. The second kappa shape index (κ2) is 6.29. The summed E-state index contributed by atoms with van der Waals surface area (Å²) in [6.07, 6.45) is 4.61. The molecule has 7 heteroatoms. The van der Waals surface area contributed by atoms with Crippen molar-refractivity contribution in [1.29, 1.82) is 0 Å². The molecule has 0 spiro atoms. The van der Waals surface area contributed by atoms with Gasteiger partial charge in [-0.1, -0.05) is 28.8 Å². The molecule has 0 saturated carbocycles. The summed E-state index contributed by atoms with van der Waals surface area (Å²) in [6.45, 7) is 4.03. The normalized spacial score (nSPS) is 13.0. The molecule has 1 N–H and O–H groups in total. The molecule has 6 nitrogen and oxygen atoms in total. The molecule has 1 aliphatic carbocycles. The van der Waals surface area contributed by atoms with E-state index in [0.29, 0.717) is 22.9 Å². The lowest BCUT2D eigenvalue weighted by molar-refractivity contribution is 0.574. The molecular weight excluding hydrogens is 338 g/mol. The van der Waals surface area contributed by atoms with Crippen LogP contribution >= 0.6 is 11.6 Å². The van der Waals surface area contributed by atoms with Crippen LogP contribution in [-0.4, -0.2) is 26.2 Å². The molecule has 4 rings (SSSR count). The fraction of sp³-hybridized carbons (Fsp3) is 0.222. The van der Waals surface area contributed by atoms with Crippen LogP contribution in [0.3, 0.4) is 0 Å². The Balaban J connectivity index is 1.69. The predicted octanol–water partition coefficient (Wildman–Crippen LogP) is 3.99. The van der Waals surface area contributed by atoms with Crippen LogP contribution in [0.5, 0.6) is 0 Å². The Morgan fingerprint density at radius 1 is 1.20 bits per heavy atom. The minimum Gasteiger partial charge on any atom is -0.403 e. The Hall–Kier alpha value is -2.73. The number of rotatable bonds is 4. The number of anilines is 1. The van der Waals surface area contributed by atoms with E-state index >= 15 is 0 Å². The van der Waals surface area contributed by atoms with Crippen molar-refractivity contribution in [3.63, 3.8) is 0 Å². The monoisotopic (exact) mass is 353 g/mol. The molecular formula is C18H16ClN5O. The fourth-order valence-corrected chi connectivity index (χ4v) is 2.92. The van der Waals surface area contributed by atoms with Gasteiger partial charge in [0.15, 0.2) is 5.82 Å². The van der Waals surface area contributed by atoms with E-state index < -0.39 is 0 Å². The molecule has 0 atom stereocenters. The van der Waals surface area contributed by atoms with Crippen LogP contribution < -0.4 is 5.32 Å². The molecule has 1 aliphatic rings. The van der Waals surface area contributed by atoms with Crippen LogP contribution in [0.4, 0.5) is 6.01 Å². The van der Waals surface area contributed by atoms with Crippen LogP contribution in [0.2, 0.25) is 5.15 Å². The van der Waals surface area contributed by atoms with Crippen molar-refractivity contribution in [1.82, 2.24) is 20.2 Å². The number of fused-ring (bicyclic) bond motifs is 1. The van der Waals surface area contributed by atoms with Crippen molar-refractivity contribution < 1.29 is 4.42 Å². The van der Waals surface area contributed by atoms with E-state index in [2.05, 4.69) is 37.6 Å². The number of allylic oxidation sites excluding steroid dienone is 1. The molecule has 0 bridgehead atoms. The van der Waals surface area contributed by atoms with Crippen molar-refractivity contribution in [3.8, 4) is 11.5 Å². The van der Waals surface area contributed by atoms with Gasteiger partial charge in [0, 0.05) is 23.4 Å². The summed E-state index contributed by atoms with van der Waals surface area (Å²) in [5.74, 6) is 1.10. The van der Waals surface area contributed by atoms with Crippen molar-refractivity contribution in [2.24, 2.45) is 0 Å². The maximum atomic E-state index is 6.00. The van der Waals surface area contributed by atoms with Gasteiger partial charge in [0.1, 0.15) is 5.15 Å². The highest BCUT2D eigenvalue weighted by molar-refractivity contribution is 6.29. The first-order chi connectivity index (χ1) is 12.1. The molecule has 0 radical (unpaired) electrons. The predicted molar refractivity (Wildman–Crippen MR) is 96.3 cm³/mol. The second-order valence-corrected chi connectivity index (χ2v) is 6.50. The number of benzene rings is 1. The maximum Gasteiger partial charge on any atom is 0.315 e. The summed E-state index contributed by atoms with van der Waals surface area (Å²) in [5.41, 5.74) is 4.11. The van der Waals surface area contributed by atoms with Gasteiger partial charge in [0.05, 0.1) is 0 Å². The summed E-state index contributed by atoms with van der Waals surface area (Å²) >= 11 is 6.00. The second-order valence-electron chi connectivity index (χ2n) is 6.11. The third-order valence-corrected chi connectivity index (χ3v) is 4.08. The lowest BCUT2D eigenvalue weighted by Crippen LogP contribution is -2.09. The molecule has 0 fully saturated rings. The Morgan fingerprint density at radius 3 is 2.88 bits per heavy atom. The minimum absolute atomic E-state index is 0.225. The quantitative estimate of drug-likeness (QED) is 0.715. The summed E-state index contributed by atoms with van der Waals surface area (Å²) in [6, 6.07) is 8.40. The van der Waals surface area contributed by atoms with Gasteiger partial charge in [-0.3, -0.25) is 0 Å². The Labute approximate surface area is 150 Å². The maximum absolute atomic E-state index is 6.00. The first kappa shape index (κ1) is 15.8. The molecule has 126 valence electrons. The van der Waals surface area contributed by atoms with Gasteiger partial charge in [-0.05, 0) is 49.6 Å². The van der Waals surface area contributed by atoms with Crippen LogP contribution in [0.1, 0.15) is 30.8 Å². The van der Waals surface area contributed by atoms with Gasteiger partial charge in [-0.15, -0.1) is 5.10 Å². The molecule has 1 aromatic carbocycles. The van der Waals surface area contributed by atoms with Crippen molar-refractivity contribution in [3.05, 3.63) is 58.6 Å². The van der Waals surface area contributed by atoms with E-state index in [9.17, 15) is 0 Å². The fourth-order valence-electron chi connectivity index (χ4n) is 2.78. The van der Waals surface area contributed by atoms with E-state index in [1.165, 1.54) is 5.56 Å². The van der Waals surface area contributed by atoms with E-state index in [1.54, 1.807) is 12.3 Å².